The van der Waals surface area contributed by atoms with Gasteiger partial charge in [0.1, 0.15) is 11.6 Å². The van der Waals surface area contributed by atoms with Crippen LogP contribution in [0.2, 0.25) is 5.02 Å². The second-order valence-corrected chi connectivity index (χ2v) is 7.34. The van der Waals surface area contributed by atoms with Crippen LogP contribution in [0.1, 0.15) is 17.8 Å². The average molecular weight is 419 g/mol. The number of rotatable bonds is 5. The fourth-order valence-corrected chi connectivity index (χ4v) is 3.59. The second kappa shape index (κ2) is 8.32. The minimum Gasteiger partial charge on any atom is -0.409 e. The standard InChI is InChI=1S/C19H20ClFN6O2/c20-14-9-11(1-2-15(14)21)23-18(26-29)13-3-6-22-19-17(13)24-16(25-19)5-8-27-7-4-12(28)10-27/h1-3,6,9,12,28-29H,4-5,7-8,10H2,(H,23,26)(H,22,24,25)/t12-/m1/s1. The summed E-state index contributed by atoms with van der Waals surface area (Å²) in [6.07, 6.45) is 2.79. The molecule has 152 valence electrons. The van der Waals surface area contributed by atoms with Crippen LogP contribution in [0.25, 0.3) is 11.2 Å². The lowest BCUT2D eigenvalue weighted by atomic mass is 10.2. The van der Waals surface area contributed by atoms with Gasteiger partial charge in [-0.3, -0.25) is 0 Å². The van der Waals surface area contributed by atoms with E-state index < -0.39 is 5.82 Å². The molecule has 0 spiro atoms. The second-order valence-electron chi connectivity index (χ2n) is 6.94. The van der Waals surface area contributed by atoms with Crippen LogP contribution in [0.3, 0.4) is 0 Å². The first-order chi connectivity index (χ1) is 14.0. The summed E-state index contributed by atoms with van der Waals surface area (Å²) in [5.41, 5.74) is 2.16. The normalized spacial score (nSPS) is 17.9. The molecule has 4 rings (SSSR count). The summed E-state index contributed by atoms with van der Waals surface area (Å²) in [6, 6.07) is 5.82. The molecule has 0 unspecified atom stereocenters. The highest BCUT2D eigenvalue weighted by Crippen LogP contribution is 2.22. The first-order valence-electron chi connectivity index (χ1n) is 9.22. The topological polar surface area (TPSA) is 110 Å². The number of pyridine rings is 1. The van der Waals surface area contributed by atoms with Crippen molar-refractivity contribution in [2.45, 2.75) is 18.9 Å². The number of hydrogen-bond acceptors (Lipinski definition) is 6. The van der Waals surface area contributed by atoms with Crippen LogP contribution in [-0.2, 0) is 6.42 Å². The number of hydrogen-bond donors (Lipinski definition) is 4. The number of aromatic nitrogens is 3. The third-order valence-corrected chi connectivity index (χ3v) is 5.18. The summed E-state index contributed by atoms with van der Waals surface area (Å²) < 4.78 is 13.4. The van der Waals surface area contributed by atoms with Crippen LogP contribution in [0.5, 0.6) is 0 Å². The van der Waals surface area contributed by atoms with E-state index in [4.69, 9.17) is 11.6 Å². The number of aliphatic hydroxyl groups excluding tert-OH is 1. The smallest absolute Gasteiger partial charge is 0.179 e. The number of nitrogens with zero attached hydrogens (tertiary/aromatic N) is 4. The molecule has 0 radical (unpaired) electrons. The number of benzene rings is 1. The number of oxime groups is 1. The van der Waals surface area contributed by atoms with Gasteiger partial charge in [0, 0.05) is 43.5 Å². The molecule has 29 heavy (non-hydrogen) atoms. The Morgan fingerprint density at radius 3 is 3.00 bits per heavy atom. The van der Waals surface area contributed by atoms with Crippen molar-refractivity contribution in [1.29, 1.82) is 0 Å². The Labute approximate surface area is 171 Å². The number of aliphatic hydroxyl groups is 1. The maximum absolute atomic E-state index is 13.4. The number of likely N-dealkylation sites (tertiary alicyclic amines) is 1. The van der Waals surface area contributed by atoms with E-state index in [1.165, 1.54) is 18.2 Å². The van der Waals surface area contributed by atoms with E-state index in [2.05, 4.69) is 30.3 Å². The van der Waals surface area contributed by atoms with Gasteiger partial charge < -0.3 is 25.5 Å². The van der Waals surface area contributed by atoms with Gasteiger partial charge in [0.25, 0.3) is 0 Å². The zero-order chi connectivity index (χ0) is 20.4. The number of H-pyrrole nitrogens is 1. The Morgan fingerprint density at radius 1 is 1.41 bits per heavy atom. The monoisotopic (exact) mass is 418 g/mol. The lowest BCUT2D eigenvalue weighted by molar-refractivity contribution is 0.176. The summed E-state index contributed by atoms with van der Waals surface area (Å²) in [5, 5.41) is 25.4. The molecule has 1 fully saturated rings. The SMILES string of the molecule is O/N=C(/Nc1ccc(F)c(Cl)c1)c1ccnc2nc(CCN3CC[C@@H](O)C3)[nH]c12. The predicted octanol–water partition coefficient (Wildman–Crippen LogP) is 2.61. The molecule has 1 atom stereocenters. The molecular weight excluding hydrogens is 399 g/mol. The van der Waals surface area contributed by atoms with E-state index in [0.717, 1.165) is 25.3 Å². The van der Waals surface area contributed by atoms with Crippen molar-refractivity contribution in [2.24, 2.45) is 5.16 Å². The van der Waals surface area contributed by atoms with Gasteiger partial charge in [0.2, 0.25) is 0 Å². The maximum Gasteiger partial charge on any atom is 0.179 e. The zero-order valence-corrected chi connectivity index (χ0v) is 16.2. The van der Waals surface area contributed by atoms with E-state index in [0.29, 0.717) is 35.4 Å². The predicted molar refractivity (Wildman–Crippen MR) is 108 cm³/mol. The molecule has 0 aliphatic carbocycles. The van der Waals surface area contributed by atoms with E-state index in [1.54, 1.807) is 12.3 Å². The first-order valence-corrected chi connectivity index (χ1v) is 9.60. The Morgan fingerprint density at radius 2 is 2.28 bits per heavy atom. The van der Waals surface area contributed by atoms with Crippen molar-refractivity contribution in [3.8, 4) is 0 Å². The summed E-state index contributed by atoms with van der Waals surface area (Å²) in [7, 11) is 0. The van der Waals surface area contributed by atoms with E-state index >= 15 is 0 Å². The van der Waals surface area contributed by atoms with Crippen LogP contribution >= 0.6 is 11.6 Å². The molecule has 8 nitrogen and oxygen atoms in total. The number of amidine groups is 1. The van der Waals surface area contributed by atoms with Gasteiger partial charge in [0.05, 0.1) is 16.6 Å². The van der Waals surface area contributed by atoms with Crippen LogP contribution < -0.4 is 5.32 Å². The van der Waals surface area contributed by atoms with Crippen LogP contribution in [0, 0.1) is 5.82 Å². The van der Waals surface area contributed by atoms with Crippen molar-refractivity contribution in [3.05, 3.63) is 52.7 Å². The van der Waals surface area contributed by atoms with E-state index in [1.807, 2.05) is 0 Å². The van der Waals surface area contributed by atoms with Crippen LogP contribution in [-0.4, -0.2) is 61.7 Å². The lowest BCUT2D eigenvalue weighted by Gasteiger charge is -2.13. The third-order valence-electron chi connectivity index (χ3n) is 4.89. The quantitative estimate of drug-likeness (QED) is 0.219. The molecular formula is C19H20ClFN6O2. The number of fused-ring (bicyclic) bond motifs is 1. The van der Waals surface area contributed by atoms with Crippen LogP contribution in [0.4, 0.5) is 10.1 Å². The number of halogens is 2. The number of imidazole rings is 1. The number of anilines is 1. The molecule has 0 amide bonds. The van der Waals surface area contributed by atoms with Crippen molar-refractivity contribution in [2.75, 3.05) is 25.0 Å². The van der Waals surface area contributed by atoms with Gasteiger partial charge in [-0.05, 0) is 30.7 Å². The Kier molecular flexibility index (Phi) is 5.61. The molecule has 2 aromatic heterocycles. The Balaban J connectivity index is 1.55. The molecule has 0 saturated carbocycles. The number of β-amino-alcohol motifs (C(OH)–C–C–N with tert-alkyl or cyclic N) is 1. The number of aromatic amines is 1. The molecule has 1 saturated heterocycles. The summed E-state index contributed by atoms with van der Waals surface area (Å²) >= 11 is 5.82. The van der Waals surface area contributed by atoms with Crippen LogP contribution in [0.15, 0.2) is 35.6 Å². The van der Waals surface area contributed by atoms with Crippen molar-refractivity contribution < 1.29 is 14.7 Å². The molecule has 1 aromatic carbocycles. The highest BCUT2D eigenvalue weighted by molar-refractivity contribution is 6.31. The fraction of sp³-hybridized carbons (Fsp3) is 0.316. The van der Waals surface area contributed by atoms with Crippen molar-refractivity contribution in [3.63, 3.8) is 0 Å². The zero-order valence-electron chi connectivity index (χ0n) is 15.4. The molecule has 4 N–H and O–H groups in total. The van der Waals surface area contributed by atoms with Gasteiger partial charge in [0.15, 0.2) is 11.5 Å². The minimum absolute atomic E-state index is 0.0389. The molecule has 3 heterocycles. The highest BCUT2D eigenvalue weighted by atomic mass is 35.5. The maximum atomic E-state index is 13.4. The largest absolute Gasteiger partial charge is 0.409 e. The number of nitrogens with one attached hydrogen (secondary N) is 2. The van der Waals surface area contributed by atoms with Gasteiger partial charge in [-0.1, -0.05) is 16.8 Å². The molecule has 10 heteroatoms. The van der Waals surface area contributed by atoms with Crippen molar-refractivity contribution >= 4 is 34.3 Å². The Hall–Kier alpha value is -2.75. The first kappa shape index (κ1) is 19.6. The summed E-state index contributed by atoms with van der Waals surface area (Å²) in [4.78, 5) is 14.2. The lowest BCUT2D eigenvalue weighted by Crippen LogP contribution is -2.24. The summed E-state index contributed by atoms with van der Waals surface area (Å²) in [5.74, 6) is 0.371. The Bertz CT molecular complexity index is 1060. The third kappa shape index (κ3) is 4.31. The molecule has 3 aromatic rings. The van der Waals surface area contributed by atoms with Crippen molar-refractivity contribution in [1.82, 2.24) is 19.9 Å². The minimum atomic E-state index is -0.533. The fourth-order valence-electron chi connectivity index (χ4n) is 3.41. The average Bonchev–Trinajstić information content (AvgIpc) is 3.32. The van der Waals surface area contributed by atoms with Gasteiger partial charge in [-0.15, -0.1) is 0 Å². The molecule has 1 aliphatic heterocycles. The molecule has 1 aliphatic rings. The van der Waals surface area contributed by atoms with Gasteiger partial charge >= 0.3 is 0 Å². The van der Waals surface area contributed by atoms with E-state index in [-0.39, 0.29) is 17.0 Å². The summed E-state index contributed by atoms with van der Waals surface area (Å²) in [6.45, 7) is 2.32. The van der Waals surface area contributed by atoms with E-state index in [9.17, 15) is 14.7 Å². The highest BCUT2D eigenvalue weighted by Gasteiger charge is 2.20. The van der Waals surface area contributed by atoms with Gasteiger partial charge in [-0.25, -0.2) is 14.4 Å². The molecule has 0 bridgehead atoms. The van der Waals surface area contributed by atoms with Gasteiger partial charge in [-0.2, -0.15) is 0 Å².